The number of aromatic nitrogens is 3. The zero-order chi connectivity index (χ0) is 9.26. The fourth-order valence-electron chi connectivity index (χ4n) is 0.812. The Hall–Kier alpha value is -1.49. The number of hydrogen-bond donors (Lipinski definition) is 0. The van der Waals surface area contributed by atoms with Gasteiger partial charge >= 0.3 is 0 Å². The number of pyridine rings is 1. The lowest BCUT2D eigenvalue weighted by Gasteiger charge is -1.90. The van der Waals surface area contributed by atoms with Crippen LogP contribution in [0.15, 0.2) is 22.9 Å². The van der Waals surface area contributed by atoms with Crippen molar-refractivity contribution < 1.29 is 8.91 Å². The molecule has 2 heterocycles. The second-order valence-electron chi connectivity index (χ2n) is 2.23. The molecule has 4 nitrogen and oxygen atoms in total. The van der Waals surface area contributed by atoms with Crippen molar-refractivity contribution >= 4 is 11.6 Å². The Labute approximate surface area is 77.4 Å². The van der Waals surface area contributed by atoms with Crippen molar-refractivity contribution in [3.8, 4) is 11.6 Å². The first-order valence-corrected chi connectivity index (χ1v) is 3.74. The van der Waals surface area contributed by atoms with E-state index in [2.05, 4.69) is 15.1 Å². The van der Waals surface area contributed by atoms with Crippen LogP contribution in [0.2, 0.25) is 5.28 Å². The van der Waals surface area contributed by atoms with Gasteiger partial charge < -0.3 is 4.52 Å². The molecule has 0 aliphatic heterocycles. The fourth-order valence-corrected chi connectivity index (χ4v) is 0.923. The summed E-state index contributed by atoms with van der Waals surface area (Å²) in [7, 11) is 0. The van der Waals surface area contributed by atoms with E-state index < -0.39 is 5.82 Å². The minimum absolute atomic E-state index is 0.00104. The molecule has 13 heavy (non-hydrogen) atoms. The third-order valence-corrected chi connectivity index (χ3v) is 1.50. The Balaban J connectivity index is 2.41. The molecule has 0 bridgehead atoms. The van der Waals surface area contributed by atoms with Crippen LogP contribution in [0.3, 0.4) is 0 Å². The van der Waals surface area contributed by atoms with Crippen molar-refractivity contribution in [1.29, 1.82) is 0 Å². The summed E-state index contributed by atoms with van der Waals surface area (Å²) in [5, 5.41) is 3.36. The summed E-state index contributed by atoms with van der Waals surface area (Å²) in [6.45, 7) is 0. The molecule has 0 N–H and O–H groups in total. The Bertz CT molecular complexity index is 414. The maximum absolute atomic E-state index is 12.5. The predicted molar refractivity (Wildman–Crippen MR) is 42.5 cm³/mol. The number of nitrogens with zero attached hydrogens (tertiary/aromatic N) is 3. The van der Waals surface area contributed by atoms with Gasteiger partial charge in [0.25, 0.3) is 11.2 Å². The van der Waals surface area contributed by atoms with Gasteiger partial charge in [0.15, 0.2) is 0 Å². The molecule has 0 aliphatic rings. The third kappa shape index (κ3) is 1.65. The highest BCUT2D eigenvalue weighted by atomic mass is 35.5. The Morgan fingerprint density at radius 3 is 2.77 bits per heavy atom. The minimum atomic E-state index is -0.422. The summed E-state index contributed by atoms with van der Waals surface area (Å²) < 4.78 is 17.2. The van der Waals surface area contributed by atoms with Gasteiger partial charge in [-0.3, -0.25) is 0 Å². The second kappa shape index (κ2) is 3.10. The highest BCUT2D eigenvalue weighted by Gasteiger charge is 2.07. The quantitative estimate of drug-likeness (QED) is 0.704. The highest BCUT2D eigenvalue weighted by Crippen LogP contribution is 2.15. The molecular formula is C7H3ClFN3O. The molecule has 2 rings (SSSR count). The average molecular weight is 200 g/mol. The maximum Gasteiger partial charge on any atom is 0.277 e. The van der Waals surface area contributed by atoms with Gasteiger partial charge in [-0.2, -0.15) is 4.98 Å². The molecule has 0 radical (unpaired) electrons. The van der Waals surface area contributed by atoms with Crippen LogP contribution >= 0.6 is 11.6 Å². The molecule has 0 spiro atoms. The van der Waals surface area contributed by atoms with Crippen LogP contribution in [-0.2, 0) is 0 Å². The van der Waals surface area contributed by atoms with Crippen molar-refractivity contribution in [2.75, 3.05) is 0 Å². The first kappa shape index (κ1) is 8.12. The smallest absolute Gasteiger partial charge is 0.277 e. The Morgan fingerprint density at radius 2 is 2.23 bits per heavy atom. The number of halogens is 2. The number of rotatable bonds is 1. The lowest BCUT2D eigenvalue weighted by atomic mass is 10.3. The molecule has 0 aliphatic carbocycles. The van der Waals surface area contributed by atoms with Crippen LogP contribution in [0, 0.1) is 5.82 Å². The Kier molecular flexibility index (Phi) is 1.94. The van der Waals surface area contributed by atoms with Gasteiger partial charge in [-0.25, -0.2) is 9.37 Å². The van der Waals surface area contributed by atoms with E-state index in [0.29, 0.717) is 5.69 Å². The first-order valence-electron chi connectivity index (χ1n) is 3.37. The fraction of sp³-hybridized carbons (Fsp3) is 0. The van der Waals surface area contributed by atoms with Crippen molar-refractivity contribution in [3.63, 3.8) is 0 Å². The molecule has 2 aromatic heterocycles. The largest absolute Gasteiger partial charge is 0.331 e. The highest BCUT2D eigenvalue weighted by molar-refractivity contribution is 6.28. The van der Waals surface area contributed by atoms with E-state index in [1.165, 1.54) is 12.1 Å². The van der Waals surface area contributed by atoms with E-state index in [0.717, 1.165) is 6.20 Å². The van der Waals surface area contributed by atoms with Gasteiger partial charge in [-0.1, -0.05) is 0 Å². The summed E-state index contributed by atoms with van der Waals surface area (Å²) in [6, 6.07) is 2.68. The van der Waals surface area contributed by atoms with Crippen LogP contribution in [0.25, 0.3) is 11.6 Å². The summed E-state index contributed by atoms with van der Waals surface area (Å²) in [5.41, 5.74) is 0.390. The average Bonchev–Trinajstić information content (AvgIpc) is 2.53. The lowest BCUT2D eigenvalue weighted by Crippen LogP contribution is -1.83. The first-order chi connectivity index (χ1) is 6.25. The van der Waals surface area contributed by atoms with Gasteiger partial charge in [-0.15, -0.1) is 0 Å². The van der Waals surface area contributed by atoms with Crippen molar-refractivity contribution in [2.24, 2.45) is 0 Å². The van der Waals surface area contributed by atoms with E-state index in [9.17, 15) is 4.39 Å². The van der Waals surface area contributed by atoms with Crippen LogP contribution in [-0.4, -0.2) is 15.1 Å². The standard InChI is InChI=1S/C7H3ClFN3O/c8-7-11-6(13-12-7)5-2-1-4(9)3-10-5/h1-3H. The monoisotopic (exact) mass is 199 g/mol. The second-order valence-corrected chi connectivity index (χ2v) is 2.57. The van der Waals surface area contributed by atoms with E-state index in [1.807, 2.05) is 0 Å². The lowest BCUT2D eigenvalue weighted by molar-refractivity contribution is 0.429. The van der Waals surface area contributed by atoms with Crippen LogP contribution < -0.4 is 0 Å². The minimum Gasteiger partial charge on any atom is -0.331 e. The Morgan fingerprint density at radius 1 is 1.38 bits per heavy atom. The summed E-state index contributed by atoms with van der Waals surface area (Å²) in [5.74, 6) is -0.251. The van der Waals surface area contributed by atoms with Crippen LogP contribution in [0.5, 0.6) is 0 Å². The molecule has 66 valence electrons. The number of hydrogen-bond acceptors (Lipinski definition) is 4. The zero-order valence-electron chi connectivity index (χ0n) is 6.24. The van der Waals surface area contributed by atoms with Crippen molar-refractivity contribution in [3.05, 3.63) is 29.4 Å². The third-order valence-electron chi connectivity index (χ3n) is 1.35. The van der Waals surface area contributed by atoms with Gasteiger partial charge in [0.05, 0.1) is 6.20 Å². The topological polar surface area (TPSA) is 51.8 Å². The summed E-state index contributed by atoms with van der Waals surface area (Å²) in [4.78, 5) is 7.45. The molecule has 0 saturated carbocycles. The van der Waals surface area contributed by atoms with Crippen LogP contribution in [0.1, 0.15) is 0 Å². The van der Waals surface area contributed by atoms with Gasteiger partial charge in [0, 0.05) is 0 Å². The summed E-state index contributed by atoms with van der Waals surface area (Å²) in [6.07, 6.45) is 1.06. The predicted octanol–water partition coefficient (Wildman–Crippen LogP) is 1.92. The van der Waals surface area contributed by atoms with Gasteiger partial charge in [0.2, 0.25) is 0 Å². The molecule has 2 aromatic rings. The molecule has 0 amide bonds. The molecule has 0 atom stereocenters. The molecule has 0 fully saturated rings. The summed E-state index contributed by atoms with van der Waals surface area (Å²) >= 11 is 5.42. The zero-order valence-corrected chi connectivity index (χ0v) is 6.99. The van der Waals surface area contributed by atoms with E-state index in [4.69, 9.17) is 16.1 Å². The molecule has 0 saturated heterocycles. The molecular weight excluding hydrogens is 197 g/mol. The molecule has 0 unspecified atom stereocenters. The van der Waals surface area contributed by atoms with Gasteiger partial charge in [-0.05, 0) is 28.9 Å². The molecule has 0 aromatic carbocycles. The normalized spacial score (nSPS) is 10.3. The van der Waals surface area contributed by atoms with E-state index in [-0.39, 0.29) is 11.2 Å². The van der Waals surface area contributed by atoms with E-state index >= 15 is 0 Å². The van der Waals surface area contributed by atoms with Crippen molar-refractivity contribution in [1.82, 2.24) is 15.1 Å². The van der Waals surface area contributed by atoms with Crippen LogP contribution in [0.4, 0.5) is 4.39 Å². The SMILES string of the molecule is Fc1ccc(-c2nc(Cl)no2)nc1. The van der Waals surface area contributed by atoms with Gasteiger partial charge in [0.1, 0.15) is 11.5 Å². The molecule has 6 heteroatoms. The van der Waals surface area contributed by atoms with E-state index in [1.54, 1.807) is 0 Å². The maximum atomic E-state index is 12.5. The van der Waals surface area contributed by atoms with Crippen molar-refractivity contribution in [2.45, 2.75) is 0 Å².